The number of thioether (sulfide) groups is 1. The molecular formula is C7H7NO3S. The molecule has 1 heterocycles. The second-order valence-corrected chi connectivity index (χ2v) is 3.30. The SMILES string of the molecule is COC(=O)/C=C1\SC(C)=NC1=O. The van der Waals surface area contributed by atoms with E-state index in [0.29, 0.717) is 9.95 Å². The standard InChI is InChI=1S/C7H7NO3S/c1-4-8-7(10)5(12-4)3-6(9)11-2/h3H,1-2H3/b5-3-. The Morgan fingerprint density at radius 2 is 2.33 bits per heavy atom. The van der Waals surface area contributed by atoms with Gasteiger partial charge in [0.25, 0.3) is 5.91 Å². The van der Waals surface area contributed by atoms with E-state index < -0.39 is 5.97 Å². The molecule has 1 rings (SSSR count). The largest absolute Gasteiger partial charge is 0.466 e. The Morgan fingerprint density at radius 1 is 1.67 bits per heavy atom. The fraction of sp³-hybridized carbons (Fsp3) is 0.286. The molecule has 0 aromatic heterocycles. The summed E-state index contributed by atoms with van der Waals surface area (Å²) in [5.74, 6) is -0.904. The summed E-state index contributed by atoms with van der Waals surface area (Å²) in [7, 11) is 1.26. The average Bonchev–Trinajstić information content (AvgIpc) is 2.30. The van der Waals surface area contributed by atoms with Gasteiger partial charge in [-0.15, -0.1) is 0 Å². The molecule has 0 saturated heterocycles. The fourth-order valence-electron chi connectivity index (χ4n) is 0.681. The van der Waals surface area contributed by atoms with Crippen molar-refractivity contribution in [2.24, 2.45) is 4.99 Å². The highest BCUT2D eigenvalue weighted by Crippen LogP contribution is 2.25. The van der Waals surface area contributed by atoms with Gasteiger partial charge in [-0.05, 0) is 6.92 Å². The minimum atomic E-state index is -0.532. The Balaban J connectivity index is 2.75. The summed E-state index contributed by atoms with van der Waals surface area (Å²) in [6.07, 6.45) is 1.15. The predicted molar refractivity (Wildman–Crippen MR) is 45.8 cm³/mol. The topological polar surface area (TPSA) is 55.7 Å². The Bertz CT molecular complexity index is 293. The van der Waals surface area contributed by atoms with Crippen molar-refractivity contribution in [2.45, 2.75) is 6.92 Å². The van der Waals surface area contributed by atoms with E-state index in [1.165, 1.54) is 18.9 Å². The lowest BCUT2D eigenvalue weighted by molar-refractivity contribution is -0.135. The fourth-order valence-corrected chi connectivity index (χ4v) is 1.42. The molecule has 64 valence electrons. The Hall–Kier alpha value is -1.10. The third kappa shape index (κ3) is 1.94. The first kappa shape index (κ1) is 8.99. The first-order valence-electron chi connectivity index (χ1n) is 3.20. The van der Waals surface area contributed by atoms with Gasteiger partial charge in [-0.1, -0.05) is 11.8 Å². The summed E-state index contributed by atoms with van der Waals surface area (Å²) < 4.78 is 4.36. The molecule has 0 aliphatic carbocycles. The number of carbonyl (C=O) groups is 2. The molecule has 0 radical (unpaired) electrons. The summed E-state index contributed by atoms with van der Waals surface area (Å²) in [5, 5.41) is 0.648. The summed E-state index contributed by atoms with van der Waals surface area (Å²) in [6, 6.07) is 0. The van der Waals surface area contributed by atoms with Gasteiger partial charge >= 0.3 is 5.97 Å². The highest BCUT2D eigenvalue weighted by molar-refractivity contribution is 8.18. The van der Waals surface area contributed by atoms with Crippen LogP contribution in [0.4, 0.5) is 0 Å². The number of hydrogen-bond donors (Lipinski definition) is 0. The number of ether oxygens (including phenoxy) is 1. The maximum Gasteiger partial charge on any atom is 0.331 e. The molecule has 12 heavy (non-hydrogen) atoms. The lowest BCUT2D eigenvalue weighted by atomic mass is 10.5. The number of esters is 1. The zero-order valence-electron chi connectivity index (χ0n) is 6.66. The number of aliphatic imine (C=N–C) groups is 1. The van der Waals surface area contributed by atoms with Crippen LogP contribution in [0.5, 0.6) is 0 Å². The summed E-state index contributed by atoms with van der Waals surface area (Å²) in [4.78, 5) is 25.6. The van der Waals surface area contributed by atoms with E-state index in [0.717, 1.165) is 6.08 Å². The van der Waals surface area contributed by atoms with E-state index in [4.69, 9.17) is 0 Å². The lowest BCUT2D eigenvalue weighted by Crippen LogP contribution is -1.98. The first-order chi connectivity index (χ1) is 5.63. The third-order valence-electron chi connectivity index (χ3n) is 1.18. The van der Waals surface area contributed by atoms with Gasteiger partial charge in [0.05, 0.1) is 17.1 Å². The molecule has 1 aliphatic rings. The van der Waals surface area contributed by atoms with Crippen LogP contribution in [0.15, 0.2) is 16.0 Å². The normalized spacial score (nSPS) is 19.7. The monoisotopic (exact) mass is 185 g/mol. The van der Waals surface area contributed by atoms with Crippen molar-refractivity contribution in [3.8, 4) is 0 Å². The second kappa shape index (κ2) is 3.53. The molecule has 1 amide bonds. The maximum atomic E-state index is 11.0. The lowest BCUT2D eigenvalue weighted by Gasteiger charge is -1.91. The van der Waals surface area contributed by atoms with Gasteiger partial charge in [0.15, 0.2) is 0 Å². The molecule has 0 unspecified atom stereocenters. The van der Waals surface area contributed by atoms with Gasteiger partial charge < -0.3 is 4.74 Å². The van der Waals surface area contributed by atoms with Crippen molar-refractivity contribution in [1.82, 2.24) is 0 Å². The van der Waals surface area contributed by atoms with E-state index in [9.17, 15) is 9.59 Å². The molecule has 5 heteroatoms. The number of hydrogen-bond acceptors (Lipinski definition) is 4. The summed E-state index contributed by atoms with van der Waals surface area (Å²) >= 11 is 1.18. The molecule has 0 aromatic carbocycles. The van der Waals surface area contributed by atoms with Crippen LogP contribution in [0, 0.1) is 0 Å². The Labute approximate surface area is 73.7 Å². The van der Waals surface area contributed by atoms with Crippen LogP contribution < -0.4 is 0 Å². The van der Waals surface area contributed by atoms with E-state index in [2.05, 4.69) is 9.73 Å². The number of nitrogens with zero attached hydrogens (tertiary/aromatic N) is 1. The maximum absolute atomic E-state index is 11.0. The zero-order chi connectivity index (χ0) is 9.14. The van der Waals surface area contributed by atoms with Gasteiger partial charge in [-0.2, -0.15) is 0 Å². The quantitative estimate of drug-likeness (QED) is 0.446. The molecule has 0 bridgehead atoms. The van der Waals surface area contributed by atoms with E-state index >= 15 is 0 Å². The van der Waals surface area contributed by atoms with Crippen LogP contribution in [-0.2, 0) is 14.3 Å². The molecule has 0 saturated carbocycles. The molecule has 0 N–H and O–H groups in total. The van der Waals surface area contributed by atoms with Crippen molar-refractivity contribution >= 4 is 28.7 Å². The number of amides is 1. The van der Waals surface area contributed by atoms with Crippen molar-refractivity contribution in [3.63, 3.8) is 0 Å². The molecule has 0 spiro atoms. The molecule has 1 aliphatic heterocycles. The number of methoxy groups -OCH3 is 1. The zero-order valence-corrected chi connectivity index (χ0v) is 7.47. The van der Waals surface area contributed by atoms with Crippen molar-refractivity contribution in [2.75, 3.05) is 7.11 Å². The summed E-state index contributed by atoms with van der Waals surface area (Å²) in [5.41, 5.74) is 0. The van der Waals surface area contributed by atoms with Crippen LogP contribution in [-0.4, -0.2) is 24.0 Å². The van der Waals surface area contributed by atoms with Gasteiger partial charge in [0.1, 0.15) is 0 Å². The number of rotatable bonds is 1. The Kier molecular flexibility index (Phi) is 2.65. The minimum Gasteiger partial charge on any atom is -0.466 e. The predicted octanol–water partition coefficient (Wildman–Crippen LogP) is 0.735. The highest BCUT2D eigenvalue weighted by atomic mass is 32.2. The van der Waals surface area contributed by atoms with Gasteiger partial charge in [-0.3, -0.25) is 4.79 Å². The van der Waals surface area contributed by atoms with Crippen molar-refractivity contribution in [1.29, 1.82) is 0 Å². The van der Waals surface area contributed by atoms with Gasteiger partial charge in [0.2, 0.25) is 0 Å². The molecule has 0 fully saturated rings. The molecule has 0 atom stereocenters. The van der Waals surface area contributed by atoms with Crippen LogP contribution >= 0.6 is 11.8 Å². The van der Waals surface area contributed by atoms with Crippen molar-refractivity contribution in [3.05, 3.63) is 11.0 Å². The van der Waals surface area contributed by atoms with Gasteiger partial charge in [-0.25, -0.2) is 9.79 Å². The first-order valence-corrected chi connectivity index (χ1v) is 4.02. The second-order valence-electron chi connectivity index (χ2n) is 2.07. The van der Waals surface area contributed by atoms with Gasteiger partial charge in [0, 0.05) is 6.08 Å². The van der Waals surface area contributed by atoms with Crippen LogP contribution in [0.3, 0.4) is 0 Å². The molecular weight excluding hydrogens is 178 g/mol. The summed E-state index contributed by atoms with van der Waals surface area (Å²) in [6.45, 7) is 1.71. The van der Waals surface area contributed by atoms with Crippen LogP contribution in [0.1, 0.15) is 6.92 Å². The van der Waals surface area contributed by atoms with E-state index in [1.807, 2.05) is 0 Å². The minimum absolute atomic E-state index is 0.319. The van der Waals surface area contributed by atoms with Crippen LogP contribution in [0.25, 0.3) is 0 Å². The number of carbonyl (C=O) groups excluding carboxylic acids is 2. The van der Waals surface area contributed by atoms with E-state index in [-0.39, 0.29) is 5.91 Å². The Morgan fingerprint density at radius 3 is 2.75 bits per heavy atom. The average molecular weight is 185 g/mol. The highest BCUT2D eigenvalue weighted by Gasteiger charge is 2.19. The van der Waals surface area contributed by atoms with E-state index in [1.54, 1.807) is 6.92 Å². The smallest absolute Gasteiger partial charge is 0.331 e. The molecule has 0 aromatic rings. The van der Waals surface area contributed by atoms with Crippen molar-refractivity contribution < 1.29 is 14.3 Å². The third-order valence-corrected chi connectivity index (χ3v) is 2.08. The van der Waals surface area contributed by atoms with Crippen LogP contribution in [0.2, 0.25) is 0 Å². The molecule has 4 nitrogen and oxygen atoms in total.